The van der Waals surface area contributed by atoms with Gasteiger partial charge in [0.2, 0.25) is 0 Å². The molecule has 0 amide bonds. The smallest absolute Gasteiger partial charge is 0.124 e. The molecule has 1 atom stereocenters. The Balaban J connectivity index is 2.15. The number of nitrogens with two attached hydrogens (primary N) is 1. The number of hydrogen-bond acceptors (Lipinski definition) is 3. The first kappa shape index (κ1) is 15.7. The lowest BCUT2D eigenvalue weighted by Gasteiger charge is -2.19. The lowest BCUT2D eigenvalue weighted by molar-refractivity contribution is 0.286. The Bertz CT molecular complexity index is 628. The first-order chi connectivity index (χ1) is 10.0. The van der Waals surface area contributed by atoms with Gasteiger partial charge >= 0.3 is 0 Å². The van der Waals surface area contributed by atoms with Crippen LogP contribution in [0, 0.1) is 13.8 Å². The fourth-order valence-corrected chi connectivity index (χ4v) is 2.59. The van der Waals surface area contributed by atoms with E-state index >= 15 is 0 Å². The van der Waals surface area contributed by atoms with Gasteiger partial charge in [-0.05, 0) is 49.2 Å². The molecule has 2 aromatic rings. The molecular formula is C17H20ClNO2. The summed E-state index contributed by atoms with van der Waals surface area (Å²) in [6, 6.07) is 11.1. The van der Waals surface area contributed by atoms with Gasteiger partial charge in [0.05, 0.1) is 13.2 Å². The topological polar surface area (TPSA) is 44.5 Å². The van der Waals surface area contributed by atoms with Crippen LogP contribution in [0.25, 0.3) is 0 Å². The molecule has 0 saturated heterocycles. The summed E-state index contributed by atoms with van der Waals surface area (Å²) in [5.41, 5.74) is 9.50. The molecule has 2 aromatic carbocycles. The maximum absolute atomic E-state index is 6.27. The van der Waals surface area contributed by atoms with Crippen molar-refractivity contribution in [2.45, 2.75) is 19.9 Å². The summed E-state index contributed by atoms with van der Waals surface area (Å²) < 4.78 is 11.2. The van der Waals surface area contributed by atoms with Crippen LogP contribution >= 0.6 is 11.6 Å². The van der Waals surface area contributed by atoms with Crippen molar-refractivity contribution in [3.05, 3.63) is 58.1 Å². The van der Waals surface area contributed by atoms with E-state index in [1.54, 1.807) is 13.2 Å². The van der Waals surface area contributed by atoms with Crippen LogP contribution in [0.15, 0.2) is 36.4 Å². The quantitative estimate of drug-likeness (QED) is 0.906. The number of aryl methyl sites for hydroxylation is 2. The fourth-order valence-electron chi connectivity index (χ4n) is 2.41. The molecule has 0 spiro atoms. The number of hydrogen-bond donors (Lipinski definition) is 1. The molecule has 4 heteroatoms. The molecule has 3 nitrogen and oxygen atoms in total. The van der Waals surface area contributed by atoms with E-state index in [9.17, 15) is 0 Å². The van der Waals surface area contributed by atoms with Gasteiger partial charge in [-0.15, -0.1) is 0 Å². The fraction of sp³-hybridized carbons (Fsp3) is 0.294. The second-order valence-electron chi connectivity index (χ2n) is 5.07. The highest BCUT2D eigenvalue weighted by Crippen LogP contribution is 2.29. The average molecular weight is 306 g/mol. The third-order valence-electron chi connectivity index (χ3n) is 3.31. The highest BCUT2D eigenvalue weighted by molar-refractivity contribution is 6.30. The largest absolute Gasteiger partial charge is 0.496 e. The zero-order chi connectivity index (χ0) is 15.4. The maximum Gasteiger partial charge on any atom is 0.124 e. The molecule has 0 aliphatic rings. The normalized spacial score (nSPS) is 12.0. The van der Waals surface area contributed by atoms with Crippen molar-refractivity contribution in [3.63, 3.8) is 0 Å². The van der Waals surface area contributed by atoms with Gasteiger partial charge in [0, 0.05) is 10.6 Å². The zero-order valence-corrected chi connectivity index (χ0v) is 13.3. The summed E-state index contributed by atoms with van der Waals surface area (Å²) in [5.74, 6) is 1.51. The summed E-state index contributed by atoms with van der Waals surface area (Å²) in [4.78, 5) is 0. The van der Waals surface area contributed by atoms with Gasteiger partial charge in [-0.2, -0.15) is 0 Å². The van der Waals surface area contributed by atoms with E-state index in [1.165, 1.54) is 0 Å². The molecule has 0 radical (unpaired) electrons. The molecular weight excluding hydrogens is 286 g/mol. The van der Waals surface area contributed by atoms with Gasteiger partial charge in [0.25, 0.3) is 0 Å². The molecule has 2 rings (SSSR count). The van der Waals surface area contributed by atoms with Gasteiger partial charge in [-0.3, -0.25) is 0 Å². The Morgan fingerprint density at radius 1 is 1.19 bits per heavy atom. The van der Waals surface area contributed by atoms with Crippen LogP contribution in [-0.4, -0.2) is 13.7 Å². The zero-order valence-electron chi connectivity index (χ0n) is 12.5. The van der Waals surface area contributed by atoms with Crippen LogP contribution in [0.1, 0.15) is 22.7 Å². The molecule has 0 bridgehead atoms. The van der Waals surface area contributed by atoms with Crippen molar-refractivity contribution in [1.82, 2.24) is 0 Å². The number of rotatable bonds is 5. The second-order valence-corrected chi connectivity index (χ2v) is 5.51. The maximum atomic E-state index is 6.27. The van der Waals surface area contributed by atoms with Gasteiger partial charge in [0.1, 0.15) is 18.1 Å². The Hall–Kier alpha value is -1.71. The van der Waals surface area contributed by atoms with Crippen molar-refractivity contribution in [1.29, 1.82) is 0 Å². The Morgan fingerprint density at radius 3 is 2.62 bits per heavy atom. The summed E-state index contributed by atoms with van der Waals surface area (Å²) in [6.45, 7) is 4.43. The number of benzene rings is 2. The van der Waals surface area contributed by atoms with Crippen molar-refractivity contribution >= 4 is 11.6 Å². The minimum absolute atomic E-state index is 0.264. The molecule has 21 heavy (non-hydrogen) atoms. The van der Waals surface area contributed by atoms with E-state index < -0.39 is 0 Å². The van der Waals surface area contributed by atoms with E-state index in [4.69, 9.17) is 26.8 Å². The van der Waals surface area contributed by atoms with Crippen molar-refractivity contribution in [2.75, 3.05) is 13.7 Å². The molecule has 0 aliphatic carbocycles. The Morgan fingerprint density at radius 2 is 1.95 bits per heavy atom. The molecule has 2 N–H and O–H groups in total. The van der Waals surface area contributed by atoms with Gasteiger partial charge < -0.3 is 15.2 Å². The Labute approximate surface area is 130 Å². The number of methoxy groups -OCH3 is 1. The molecule has 1 unspecified atom stereocenters. The van der Waals surface area contributed by atoms with Crippen LogP contribution in [-0.2, 0) is 0 Å². The molecule has 0 saturated carbocycles. The predicted octanol–water partition coefficient (Wildman–Crippen LogP) is 4.04. The summed E-state index contributed by atoms with van der Waals surface area (Å²) in [7, 11) is 1.66. The molecule has 0 aromatic heterocycles. The lowest BCUT2D eigenvalue weighted by atomic mass is 9.99. The lowest BCUT2D eigenvalue weighted by Crippen LogP contribution is -2.21. The molecule has 112 valence electrons. The summed E-state index contributed by atoms with van der Waals surface area (Å²) >= 11 is 5.94. The highest BCUT2D eigenvalue weighted by atomic mass is 35.5. The summed E-state index contributed by atoms with van der Waals surface area (Å²) in [5, 5.41) is 0.644. The number of ether oxygens (including phenoxy) is 2. The van der Waals surface area contributed by atoms with Crippen LogP contribution in [0.5, 0.6) is 11.5 Å². The Kier molecular flexibility index (Phi) is 5.10. The highest BCUT2D eigenvalue weighted by Gasteiger charge is 2.16. The molecule has 0 heterocycles. The minimum Gasteiger partial charge on any atom is -0.496 e. The monoisotopic (exact) mass is 305 g/mol. The second kappa shape index (κ2) is 6.83. The van der Waals surface area contributed by atoms with E-state index in [1.807, 2.05) is 38.1 Å². The van der Waals surface area contributed by atoms with Crippen molar-refractivity contribution in [2.24, 2.45) is 5.73 Å². The first-order valence-electron chi connectivity index (χ1n) is 6.80. The van der Waals surface area contributed by atoms with Crippen LogP contribution < -0.4 is 15.2 Å². The van der Waals surface area contributed by atoms with E-state index in [2.05, 4.69) is 6.07 Å². The number of halogens is 1. The summed E-state index contributed by atoms with van der Waals surface area (Å²) in [6.07, 6.45) is 0. The average Bonchev–Trinajstić information content (AvgIpc) is 2.44. The molecule has 0 fully saturated rings. The van der Waals surface area contributed by atoms with Crippen LogP contribution in [0.4, 0.5) is 0 Å². The van der Waals surface area contributed by atoms with Crippen LogP contribution in [0.2, 0.25) is 5.02 Å². The standard InChI is InChI=1S/C17H20ClNO2/c1-11-7-12(2)17(16(8-11)20-3)15(19)10-21-14-6-4-5-13(18)9-14/h4-9,15H,10,19H2,1-3H3. The van der Waals surface area contributed by atoms with E-state index in [-0.39, 0.29) is 6.04 Å². The third kappa shape index (κ3) is 3.90. The van der Waals surface area contributed by atoms with E-state index in [0.29, 0.717) is 17.4 Å². The van der Waals surface area contributed by atoms with E-state index in [0.717, 1.165) is 22.4 Å². The van der Waals surface area contributed by atoms with Crippen LogP contribution in [0.3, 0.4) is 0 Å². The van der Waals surface area contributed by atoms with Crippen molar-refractivity contribution < 1.29 is 9.47 Å². The third-order valence-corrected chi connectivity index (χ3v) is 3.54. The van der Waals surface area contributed by atoms with Crippen molar-refractivity contribution in [3.8, 4) is 11.5 Å². The SMILES string of the molecule is COc1cc(C)cc(C)c1C(N)COc1cccc(Cl)c1. The predicted molar refractivity (Wildman–Crippen MR) is 86.3 cm³/mol. The van der Waals surface area contributed by atoms with Gasteiger partial charge in [-0.25, -0.2) is 0 Å². The minimum atomic E-state index is -0.264. The molecule has 0 aliphatic heterocycles. The van der Waals surface area contributed by atoms with Gasteiger partial charge in [0.15, 0.2) is 0 Å². The van der Waals surface area contributed by atoms with Gasteiger partial charge in [-0.1, -0.05) is 23.7 Å². The first-order valence-corrected chi connectivity index (χ1v) is 7.18.